The van der Waals surface area contributed by atoms with Crippen molar-refractivity contribution in [1.82, 2.24) is 0 Å². The lowest BCUT2D eigenvalue weighted by Gasteiger charge is -2.42. The molecule has 204 valence electrons. The van der Waals surface area contributed by atoms with E-state index in [0.29, 0.717) is 0 Å². The highest BCUT2D eigenvalue weighted by atomic mass is 31.1. The molecule has 4 heteroatoms. The first-order valence-electron chi connectivity index (χ1n) is 14.2. The van der Waals surface area contributed by atoms with Crippen molar-refractivity contribution in [1.29, 1.82) is 0 Å². The Morgan fingerprint density at radius 2 is 1.14 bits per heavy atom. The molecule has 5 aromatic rings. The van der Waals surface area contributed by atoms with Gasteiger partial charge in [0, 0.05) is 11.2 Å². The molecule has 0 saturated heterocycles. The van der Waals surface area contributed by atoms with Gasteiger partial charge in [-0.3, -0.25) is 0 Å². The van der Waals surface area contributed by atoms with E-state index in [0.717, 1.165) is 11.5 Å². The summed E-state index contributed by atoms with van der Waals surface area (Å²) < 4.78 is 12.8. The van der Waals surface area contributed by atoms with Crippen LogP contribution in [0.25, 0.3) is 0 Å². The molecule has 5 aromatic carbocycles. The van der Waals surface area contributed by atoms with Gasteiger partial charge in [0.05, 0.1) is 5.41 Å². The molecule has 0 saturated carbocycles. The van der Waals surface area contributed by atoms with Crippen LogP contribution in [-0.4, -0.2) is 12.5 Å². The Labute approximate surface area is 250 Å². The first kappa shape index (κ1) is 26.7. The van der Waals surface area contributed by atoms with E-state index in [4.69, 9.17) is 9.47 Å². The molecule has 7 rings (SSSR count). The fourth-order valence-electron chi connectivity index (χ4n) is 6.13. The lowest BCUT2D eigenvalue weighted by molar-refractivity contribution is 0.0559. The molecule has 2 nitrogen and oxygen atoms in total. The number of fused-ring (bicyclic) bond motifs is 3. The monoisotopic (exact) mass is 580 g/mol. The summed E-state index contributed by atoms with van der Waals surface area (Å²) >= 11 is 0. The molecule has 0 bridgehead atoms. The molecular formula is C38H30O2P2. The fraction of sp³-hybridized carbons (Fsp3) is 0.105. The van der Waals surface area contributed by atoms with E-state index in [2.05, 4.69) is 164 Å². The van der Waals surface area contributed by atoms with Gasteiger partial charge in [0.25, 0.3) is 0 Å². The molecular weight excluding hydrogens is 550 g/mol. The topological polar surface area (TPSA) is 18.5 Å². The molecule has 0 amide bonds. The van der Waals surface area contributed by atoms with Gasteiger partial charge in [0.2, 0.25) is 6.79 Å². The zero-order valence-corrected chi connectivity index (χ0v) is 25.1. The van der Waals surface area contributed by atoms with E-state index >= 15 is 0 Å². The van der Waals surface area contributed by atoms with Crippen LogP contribution in [0.5, 0.6) is 5.75 Å². The van der Waals surface area contributed by atoms with Crippen molar-refractivity contribution >= 4 is 42.4 Å². The summed E-state index contributed by atoms with van der Waals surface area (Å²) in [6, 6.07) is 50.1. The lowest BCUT2D eigenvalue weighted by Crippen LogP contribution is -2.44. The fourth-order valence-corrected chi connectivity index (χ4v) is 11.6. The molecule has 0 fully saturated rings. The lowest BCUT2D eigenvalue weighted by atomic mass is 9.75. The Bertz CT molecular complexity index is 1710. The van der Waals surface area contributed by atoms with Crippen molar-refractivity contribution in [2.75, 3.05) is 6.79 Å². The van der Waals surface area contributed by atoms with Gasteiger partial charge in [0.15, 0.2) is 5.76 Å². The second-order valence-electron chi connectivity index (χ2n) is 10.5. The number of ether oxygens (including phenoxy) is 2. The number of rotatable bonds is 6. The molecule has 1 aliphatic heterocycles. The molecule has 0 aromatic heterocycles. The minimum absolute atomic E-state index is 0.0542. The smallest absolute Gasteiger partial charge is 0.231 e. The van der Waals surface area contributed by atoms with E-state index < -0.39 is 21.3 Å². The van der Waals surface area contributed by atoms with Crippen molar-refractivity contribution in [2.45, 2.75) is 18.0 Å². The van der Waals surface area contributed by atoms with Crippen LogP contribution in [0.2, 0.25) is 0 Å². The van der Waals surface area contributed by atoms with E-state index in [1.807, 2.05) is 0 Å². The van der Waals surface area contributed by atoms with Gasteiger partial charge in [0.1, 0.15) is 5.75 Å². The maximum absolute atomic E-state index is 6.41. The summed E-state index contributed by atoms with van der Waals surface area (Å²) in [7, 11) is -1.73. The maximum atomic E-state index is 6.41. The number of benzene rings is 5. The standard InChI is InChI=1S/C38H30O2P2/c1-38-35(26-15-27-36(38)42(31-20-10-4-11-21-31)32-22-12-5-13-23-32)40-28-39-33-24-14-25-34(37(33)38)41(29-16-6-2-7-17-29)30-18-8-3-9-19-30/h2-14,16-25,27,36H,28H2,1H3. The van der Waals surface area contributed by atoms with Crippen molar-refractivity contribution in [3.8, 4) is 5.75 Å². The van der Waals surface area contributed by atoms with Crippen LogP contribution in [0.4, 0.5) is 0 Å². The Balaban J connectivity index is 1.51. The van der Waals surface area contributed by atoms with E-state index in [-0.39, 0.29) is 12.5 Å². The van der Waals surface area contributed by atoms with Crippen molar-refractivity contribution in [3.05, 3.63) is 168 Å². The Morgan fingerprint density at radius 1 is 0.619 bits per heavy atom. The summed E-state index contributed by atoms with van der Waals surface area (Å²) in [6.07, 6.45) is 2.23. The Morgan fingerprint density at radius 3 is 1.69 bits per heavy atom. The zero-order chi connectivity index (χ0) is 28.4. The van der Waals surface area contributed by atoms with Crippen LogP contribution >= 0.6 is 15.8 Å². The molecule has 2 unspecified atom stereocenters. The minimum Gasteiger partial charge on any atom is -0.457 e. The Kier molecular flexibility index (Phi) is 7.40. The number of hydrogen-bond acceptors (Lipinski definition) is 2. The highest BCUT2D eigenvalue weighted by Gasteiger charge is 2.50. The second-order valence-corrected chi connectivity index (χ2v) is 15.0. The molecule has 1 heterocycles. The summed E-state index contributed by atoms with van der Waals surface area (Å²) in [5.74, 6) is 1.67. The van der Waals surface area contributed by atoms with Crippen LogP contribution < -0.4 is 31.3 Å². The normalized spacial score (nSPS) is 18.8. The largest absolute Gasteiger partial charge is 0.457 e. The van der Waals surface area contributed by atoms with E-state index in [9.17, 15) is 0 Å². The number of hydrogen-bond donors (Lipinski definition) is 0. The number of allylic oxidation sites excluding steroid dienone is 2. The molecule has 0 N–H and O–H groups in total. The molecule has 1 aliphatic carbocycles. The summed E-state index contributed by atoms with van der Waals surface area (Å²) in [4.78, 5) is 0. The molecule has 0 radical (unpaired) electrons. The van der Waals surface area contributed by atoms with Gasteiger partial charge in [-0.25, -0.2) is 0 Å². The SMILES string of the molecule is CC12C(=C=C=CC1P(c1ccccc1)c1ccccc1)OCOc1cccc(P(c3ccccc3)c3ccccc3)c12. The highest BCUT2D eigenvalue weighted by Crippen LogP contribution is 2.56. The highest BCUT2D eigenvalue weighted by molar-refractivity contribution is 7.80. The maximum Gasteiger partial charge on any atom is 0.231 e. The van der Waals surface area contributed by atoms with Gasteiger partial charge in [-0.05, 0) is 67.2 Å². The average molecular weight is 581 g/mol. The Hall–Kier alpha value is -4.14. The van der Waals surface area contributed by atoms with E-state index in [1.165, 1.54) is 32.1 Å². The molecule has 0 spiro atoms. The first-order valence-corrected chi connectivity index (χ1v) is 16.9. The zero-order valence-electron chi connectivity index (χ0n) is 23.4. The molecule has 2 atom stereocenters. The third kappa shape index (κ3) is 4.74. The minimum atomic E-state index is -0.887. The molecule has 2 aliphatic rings. The van der Waals surface area contributed by atoms with Crippen molar-refractivity contribution in [2.24, 2.45) is 0 Å². The summed E-state index contributed by atoms with van der Waals surface area (Å²) in [5, 5.41) is 6.53. The van der Waals surface area contributed by atoms with Gasteiger partial charge >= 0.3 is 0 Å². The van der Waals surface area contributed by atoms with Crippen molar-refractivity contribution < 1.29 is 9.47 Å². The van der Waals surface area contributed by atoms with Crippen LogP contribution in [0.15, 0.2) is 163 Å². The molecule has 42 heavy (non-hydrogen) atoms. The first-order chi connectivity index (χ1) is 20.7. The third-order valence-electron chi connectivity index (χ3n) is 8.05. The van der Waals surface area contributed by atoms with Gasteiger partial charge in [-0.1, -0.05) is 139 Å². The van der Waals surface area contributed by atoms with Crippen LogP contribution in [0.3, 0.4) is 0 Å². The predicted molar refractivity (Wildman–Crippen MR) is 177 cm³/mol. The van der Waals surface area contributed by atoms with Crippen LogP contribution in [0, 0.1) is 0 Å². The van der Waals surface area contributed by atoms with Crippen molar-refractivity contribution in [3.63, 3.8) is 0 Å². The van der Waals surface area contributed by atoms with Gasteiger partial charge in [-0.2, -0.15) is 0 Å². The average Bonchev–Trinajstić information content (AvgIpc) is 3.20. The van der Waals surface area contributed by atoms with Gasteiger partial charge < -0.3 is 9.47 Å². The predicted octanol–water partition coefficient (Wildman–Crippen LogP) is 6.78. The van der Waals surface area contributed by atoms with Crippen LogP contribution in [0.1, 0.15) is 12.5 Å². The quantitative estimate of drug-likeness (QED) is 0.163. The summed E-state index contributed by atoms with van der Waals surface area (Å²) in [6.45, 7) is 2.48. The third-order valence-corrected chi connectivity index (χ3v) is 13.5. The van der Waals surface area contributed by atoms with Crippen LogP contribution in [-0.2, 0) is 10.2 Å². The second kappa shape index (κ2) is 11.6. The summed E-state index contributed by atoms with van der Waals surface area (Å²) in [5.41, 5.74) is 7.48. The van der Waals surface area contributed by atoms with E-state index in [1.54, 1.807) is 0 Å². The van der Waals surface area contributed by atoms with Gasteiger partial charge in [-0.15, -0.1) is 0 Å².